The molecule has 3 rings (SSSR count). The van der Waals surface area contributed by atoms with Crippen molar-refractivity contribution in [3.05, 3.63) is 42.1 Å². The third-order valence-corrected chi connectivity index (χ3v) is 3.36. The van der Waals surface area contributed by atoms with Gasteiger partial charge in [-0.3, -0.25) is 9.78 Å². The first-order valence-electron chi connectivity index (χ1n) is 7.27. The number of hydrogen-bond acceptors (Lipinski definition) is 8. The third kappa shape index (κ3) is 3.55. The van der Waals surface area contributed by atoms with Gasteiger partial charge in [-0.2, -0.15) is 10.1 Å². The van der Waals surface area contributed by atoms with E-state index in [1.165, 1.54) is 12.3 Å². The van der Waals surface area contributed by atoms with E-state index in [1.54, 1.807) is 17.0 Å². The van der Waals surface area contributed by atoms with Gasteiger partial charge in [-0.05, 0) is 12.1 Å². The molecule has 1 amide bonds. The fourth-order valence-corrected chi connectivity index (χ4v) is 2.18. The SMILES string of the molecule is NN(NC(=O)c1ccccn1)c1ncc(F)c(N2CCOCC2)n1. The Kier molecular flexibility index (Phi) is 4.77. The fraction of sp³-hybridized carbons (Fsp3) is 0.286. The monoisotopic (exact) mass is 333 g/mol. The number of carbonyl (C=O) groups is 1. The number of amides is 1. The second-order valence-corrected chi connectivity index (χ2v) is 4.97. The minimum Gasteiger partial charge on any atom is -0.378 e. The van der Waals surface area contributed by atoms with Crippen molar-refractivity contribution in [3.63, 3.8) is 0 Å². The summed E-state index contributed by atoms with van der Waals surface area (Å²) in [5.41, 5.74) is 2.56. The number of carbonyl (C=O) groups excluding carboxylic acids is 1. The van der Waals surface area contributed by atoms with E-state index < -0.39 is 11.7 Å². The first-order chi connectivity index (χ1) is 11.6. The molecule has 2 aromatic rings. The van der Waals surface area contributed by atoms with Gasteiger partial charge in [0.25, 0.3) is 11.9 Å². The second kappa shape index (κ2) is 7.15. The largest absolute Gasteiger partial charge is 0.378 e. The molecule has 1 aliphatic heterocycles. The highest BCUT2D eigenvalue weighted by Crippen LogP contribution is 2.19. The number of anilines is 2. The quantitative estimate of drug-likeness (QED) is 0.588. The highest BCUT2D eigenvalue weighted by Gasteiger charge is 2.20. The number of rotatable bonds is 4. The smallest absolute Gasteiger partial charge is 0.289 e. The van der Waals surface area contributed by atoms with Gasteiger partial charge in [-0.25, -0.2) is 20.6 Å². The summed E-state index contributed by atoms with van der Waals surface area (Å²) < 4.78 is 19.2. The van der Waals surface area contributed by atoms with Gasteiger partial charge in [0.2, 0.25) is 0 Å². The number of nitrogens with one attached hydrogen (secondary N) is 1. The van der Waals surface area contributed by atoms with Gasteiger partial charge in [0.15, 0.2) is 11.6 Å². The minimum absolute atomic E-state index is 0.0397. The number of nitrogens with two attached hydrogens (primary N) is 1. The highest BCUT2D eigenvalue weighted by atomic mass is 19.1. The first kappa shape index (κ1) is 16.0. The topological polar surface area (TPSA) is 110 Å². The molecule has 0 unspecified atom stereocenters. The van der Waals surface area contributed by atoms with Crippen molar-refractivity contribution >= 4 is 17.7 Å². The molecule has 126 valence electrons. The van der Waals surface area contributed by atoms with Gasteiger partial charge in [-0.1, -0.05) is 6.07 Å². The molecule has 0 atom stereocenters. The molecule has 0 aromatic carbocycles. The Morgan fingerprint density at radius 2 is 2.12 bits per heavy atom. The molecule has 1 saturated heterocycles. The van der Waals surface area contributed by atoms with Gasteiger partial charge in [0.05, 0.1) is 19.4 Å². The lowest BCUT2D eigenvalue weighted by Gasteiger charge is -2.28. The Morgan fingerprint density at radius 1 is 1.33 bits per heavy atom. The number of aromatic nitrogens is 3. The van der Waals surface area contributed by atoms with Crippen LogP contribution < -0.4 is 21.3 Å². The summed E-state index contributed by atoms with van der Waals surface area (Å²) in [7, 11) is 0. The molecule has 0 bridgehead atoms. The zero-order valence-electron chi connectivity index (χ0n) is 12.7. The van der Waals surface area contributed by atoms with Crippen LogP contribution in [0.5, 0.6) is 0 Å². The van der Waals surface area contributed by atoms with E-state index in [2.05, 4.69) is 20.4 Å². The van der Waals surface area contributed by atoms with E-state index in [4.69, 9.17) is 10.6 Å². The van der Waals surface area contributed by atoms with E-state index in [0.717, 1.165) is 11.3 Å². The van der Waals surface area contributed by atoms with E-state index in [0.29, 0.717) is 26.3 Å². The summed E-state index contributed by atoms with van der Waals surface area (Å²) in [6.45, 7) is 2.00. The lowest BCUT2D eigenvalue weighted by atomic mass is 10.3. The molecule has 0 spiro atoms. The van der Waals surface area contributed by atoms with Crippen LogP contribution in [0, 0.1) is 5.82 Å². The van der Waals surface area contributed by atoms with Crippen molar-refractivity contribution in [1.29, 1.82) is 0 Å². The number of ether oxygens (including phenoxy) is 1. The molecule has 9 nitrogen and oxygen atoms in total. The van der Waals surface area contributed by atoms with Crippen LogP contribution in [0.15, 0.2) is 30.6 Å². The number of hydrazine groups is 2. The van der Waals surface area contributed by atoms with Crippen LogP contribution in [0.25, 0.3) is 0 Å². The van der Waals surface area contributed by atoms with Crippen molar-refractivity contribution in [2.75, 3.05) is 36.3 Å². The van der Waals surface area contributed by atoms with E-state index in [1.807, 2.05) is 0 Å². The molecule has 1 fully saturated rings. The summed E-state index contributed by atoms with van der Waals surface area (Å²) in [4.78, 5) is 25.6. The average molecular weight is 333 g/mol. The molecule has 24 heavy (non-hydrogen) atoms. The Labute approximate surface area is 137 Å². The Hall–Kier alpha value is -2.85. The molecule has 3 heterocycles. The zero-order chi connectivity index (χ0) is 16.9. The number of morpholine rings is 1. The van der Waals surface area contributed by atoms with Crippen molar-refractivity contribution in [2.45, 2.75) is 0 Å². The maximum absolute atomic E-state index is 14.0. The summed E-state index contributed by atoms with van der Waals surface area (Å²) in [5, 5.41) is 0.834. The summed E-state index contributed by atoms with van der Waals surface area (Å²) >= 11 is 0. The predicted octanol–water partition coefficient (Wildman–Crippen LogP) is -0.128. The van der Waals surface area contributed by atoms with E-state index in [9.17, 15) is 9.18 Å². The summed E-state index contributed by atoms with van der Waals surface area (Å²) in [6.07, 6.45) is 2.50. The van der Waals surface area contributed by atoms with Crippen LogP contribution in [0.1, 0.15) is 10.5 Å². The number of pyridine rings is 1. The maximum atomic E-state index is 14.0. The number of hydrogen-bond donors (Lipinski definition) is 2. The van der Waals surface area contributed by atoms with Gasteiger partial charge in [-0.15, -0.1) is 0 Å². The molecule has 3 N–H and O–H groups in total. The van der Waals surface area contributed by atoms with Crippen molar-refractivity contribution < 1.29 is 13.9 Å². The molecular weight excluding hydrogens is 317 g/mol. The summed E-state index contributed by atoms with van der Waals surface area (Å²) in [5.74, 6) is 4.75. The van der Waals surface area contributed by atoms with Gasteiger partial charge in [0.1, 0.15) is 5.69 Å². The van der Waals surface area contributed by atoms with Crippen LogP contribution in [0.4, 0.5) is 16.2 Å². The van der Waals surface area contributed by atoms with Gasteiger partial charge < -0.3 is 9.64 Å². The molecule has 0 radical (unpaired) electrons. The van der Waals surface area contributed by atoms with Crippen molar-refractivity contribution in [1.82, 2.24) is 20.4 Å². The third-order valence-electron chi connectivity index (χ3n) is 3.36. The summed E-state index contributed by atoms with van der Waals surface area (Å²) in [6, 6.07) is 4.90. The molecular formula is C14H16FN7O2. The van der Waals surface area contributed by atoms with Crippen LogP contribution in [-0.4, -0.2) is 47.2 Å². The van der Waals surface area contributed by atoms with Gasteiger partial charge in [0, 0.05) is 19.3 Å². The lowest BCUT2D eigenvalue weighted by Crippen LogP contribution is -2.49. The van der Waals surface area contributed by atoms with Crippen LogP contribution >= 0.6 is 0 Å². The molecule has 1 aliphatic rings. The van der Waals surface area contributed by atoms with E-state index >= 15 is 0 Å². The molecule has 0 aliphatic carbocycles. The number of halogens is 1. The van der Waals surface area contributed by atoms with E-state index in [-0.39, 0.29) is 17.5 Å². The molecule has 10 heteroatoms. The standard InChI is InChI=1S/C14H16FN7O2/c15-10-9-18-14(19-12(10)21-5-7-24-8-6-21)22(16)20-13(23)11-3-1-2-4-17-11/h1-4,9H,5-8,16H2,(H,20,23). The maximum Gasteiger partial charge on any atom is 0.289 e. The van der Waals surface area contributed by atoms with Crippen molar-refractivity contribution in [3.8, 4) is 0 Å². The highest BCUT2D eigenvalue weighted by molar-refractivity contribution is 5.92. The van der Waals surface area contributed by atoms with Gasteiger partial charge >= 0.3 is 0 Å². The van der Waals surface area contributed by atoms with Crippen molar-refractivity contribution in [2.24, 2.45) is 5.84 Å². The number of nitrogens with zero attached hydrogens (tertiary/aromatic N) is 5. The normalized spacial score (nSPS) is 14.3. The zero-order valence-corrected chi connectivity index (χ0v) is 12.7. The second-order valence-electron chi connectivity index (χ2n) is 4.97. The lowest BCUT2D eigenvalue weighted by molar-refractivity contribution is 0.0943. The Balaban J connectivity index is 1.75. The van der Waals surface area contributed by atoms with Crippen LogP contribution in [0.2, 0.25) is 0 Å². The fourth-order valence-electron chi connectivity index (χ4n) is 2.18. The molecule has 2 aromatic heterocycles. The predicted molar refractivity (Wildman–Crippen MR) is 83.4 cm³/mol. The molecule has 0 saturated carbocycles. The Morgan fingerprint density at radius 3 is 2.83 bits per heavy atom. The average Bonchev–Trinajstić information content (AvgIpc) is 2.63. The van der Waals surface area contributed by atoms with Crippen LogP contribution in [0.3, 0.4) is 0 Å². The Bertz CT molecular complexity index is 710. The minimum atomic E-state index is -0.565. The first-order valence-corrected chi connectivity index (χ1v) is 7.27. The van der Waals surface area contributed by atoms with Crippen LogP contribution in [-0.2, 0) is 4.74 Å².